The molecule has 7 nitrogen and oxygen atoms in total. The molecule has 2 aromatic rings. The summed E-state index contributed by atoms with van der Waals surface area (Å²) in [7, 11) is 1.35. The summed E-state index contributed by atoms with van der Waals surface area (Å²) >= 11 is 0. The number of anilines is 1. The van der Waals surface area contributed by atoms with E-state index in [1.54, 1.807) is 19.1 Å². The van der Waals surface area contributed by atoms with Crippen LogP contribution in [0.25, 0.3) is 17.0 Å². The molecule has 7 heteroatoms. The zero-order valence-electron chi connectivity index (χ0n) is 14.3. The van der Waals surface area contributed by atoms with Gasteiger partial charge in [-0.3, -0.25) is 4.79 Å². The summed E-state index contributed by atoms with van der Waals surface area (Å²) in [6, 6.07) is 6.35. The number of ether oxygens (including phenoxy) is 1. The fraction of sp³-hybridized carbons (Fsp3) is 0.389. The predicted molar refractivity (Wildman–Crippen MR) is 97.6 cm³/mol. The number of methoxy groups -OCH3 is 1. The summed E-state index contributed by atoms with van der Waals surface area (Å²) in [5.74, 6) is 0. The lowest BCUT2D eigenvalue weighted by atomic mass is 10.0. The van der Waals surface area contributed by atoms with E-state index in [0.29, 0.717) is 11.2 Å². The van der Waals surface area contributed by atoms with Crippen LogP contribution >= 0.6 is 0 Å². The zero-order chi connectivity index (χ0) is 18.6. The van der Waals surface area contributed by atoms with Crippen molar-refractivity contribution < 1.29 is 20.1 Å². The third kappa shape index (κ3) is 4.26. The van der Waals surface area contributed by atoms with E-state index in [-0.39, 0.29) is 5.56 Å². The summed E-state index contributed by atoms with van der Waals surface area (Å²) in [5, 5.41) is 33.4. The van der Waals surface area contributed by atoms with Gasteiger partial charge < -0.3 is 30.4 Å². The third-order valence-corrected chi connectivity index (χ3v) is 4.22. The fourth-order valence-corrected chi connectivity index (χ4v) is 2.73. The molecule has 136 valence electrons. The summed E-state index contributed by atoms with van der Waals surface area (Å²) < 4.78 is 4.94. The smallest absolute Gasteiger partial charge is 0.249 e. The Balaban J connectivity index is 2.22. The molecule has 1 heterocycles. The van der Waals surface area contributed by atoms with Crippen LogP contribution in [0.5, 0.6) is 0 Å². The second-order valence-electron chi connectivity index (χ2n) is 5.92. The Morgan fingerprint density at radius 3 is 2.64 bits per heavy atom. The molecule has 0 aliphatic heterocycles. The Labute approximate surface area is 145 Å². The second kappa shape index (κ2) is 8.26. The van der Waals surface area contributed by atoms with Crippen LogP contribution in [0.15, 0.2) is 35.6 Å². The third-order valence-electron chi connectivity index (χ3n) is 4.22. The lowest BCUT2D eigenvalue weighted by Gasteiger charge is -2.29. The van der Waals surface area contributed by atoms with E-state index >= 15 is 0 Å². The van der Waals surface area contributed by atoms with Gasteiger partial charge in [0, 0.05) is 24.2 Å². The number of benzene rings is 1. The Hall–Kier alpha value is -2.19. The minimum absolute atomic E-state index is 0.228. The van der Waals surface area contributed by atoms with Gasteiger partial charge in [-0.25, -0.2) is 0 Å². The van der Waals surface area contributed by atoms with Crippen molar-refractivity contribution >= 4 is 22.7 Å². The van der Waals surface area contributed by atoms with E-state index in [1.165, 1.54) is 13.2 Å². The van der Waals surface area contributed by atoms with Crippen LogP contribution in [-0.4, -0.2) is 58.4 Å². The Morgan fingerprint density at radius 1 is 1.32 bits per heavy atom. The van der Waals surface area contributed by atoms with Crippen molar-refractivity contribution in [2.24, 2.45) is 0 Å². The monoisotopic (exact) mass is 348 g/mol. The number of hydrogen-bond donors (Lipinski definition) is 5. The normalized spacial score (nSPS) is 16.2. The van der Waals surface area contributed by atoms with Crippen LogP contribution in [0.4, 0.5) is 5.69 Å². The number of rotatable bonds is 8. The first kappa shape index (κ1) is 19.1. The molecule has 5 N–H and O–H groups in total. The van der Waals surface area contributed by atoms with E-state index in [2.05, 4.69) is 16.9 Å². The maximum atomic E-state index is 11.7. The molecular formula is C18H24N2O5. The number of aromatic amines is 1. The lowest BCUT2D eigenvalue weighted by molar-refractivity contribution is -0.0953. The highest BCUT2D eigenvalue weighted by Gasteiger charge is 2.29. The highest BCUT2D eigenvalue weighted by Crippen LogP contribution is 2.21. The minimum atomic E-state index is -1.25. The molecule has 0 bridgehead atoms. The highest BCUT2D eigenvalue weighted by molar-refractivity contribution is 5.89. The average molecular weight is 348 g/mol. The van der Waals surface area contributed by atoms with E-state index in [1.807, 2.05) is 12.1 Å². The lowest BCUT2D eigenvalue weighted by Crippen LogP contribution is -2.48. The maximum Gasteiger partial charge on any atom is 0.249 e. The summed E-state index contributed by atoms with van der Waals surface area (Å²) in [5.41, 5.74) is 1.81. The van der Waals surface area contributed by atoms with Crippen molar-refractivity contribution in [3.05, 3.63) is 46.8 Å². The standard InChI is InChI=1S/C18H24N2O5/c1-4-11-7-16(22)20-14-8-12(5-6-13(11)14)19-10(2)17(23)18(24)15(9-21)25-3/h4-8,10,15,17-19,21,23-24H,1,9H2,2-3H3,(H,20,22). The molecule has 4 atom stereocenters. The first-order valence-corrected chi connectivity index (χ1v) is 7.97. The number of aliphatic hydroxyl groups is 3. The first-order chi connectivity index (χ1) is 11.9. The number of aromatic nitrogens is 1. The topological polar surface area (TPSA) is 115 Å². The summed E-state index contributed by atoms with van der Waals surface area (Å²) in [6.45, 7) is 5.01. The average Bonchev–Trinajstić information content (AvgIpc) is 2.60. The molecule has 0 radical (unpaired) electrons. The molecule has 0 saturated carbocycles. The molecular weight excluding hydrogens is 324 g/mol. The Morgan fingerprint density at radius 2 is 2.04 bits per heavy atom. The summed E-state index contributed by atoms with van der Waals surface area (Å²) in [6.07, 6.45) is -1.66. The van der Waals surface area contributed by atoms with Gasteiger partial charge in [0.2, 0.25) is 5.56 Å². The summed E-state index contributed by atoms with van der Waals surface area (Å²) in [4.78, 5) is 14.5. The van der Waals surface area contributed by atoms with Crippen LogP contribution in [0, 0.1) is 0 Å². The number of nitrogens with one attached hydrogen (secondary N) is 2. The molecule has 1 aromatic carbocycles. The van der Waals surface area contributed by atoms with Crippen molar-refractivity contribution in [3.8, 4) is 0 Å². The van der Waals surface area contributed by atoms with Crippen molar-refractivity contribution in [1.29, 1.82) is 0 Å². The molecule has 0 saturated heterocycles. The van der Waals surface area contributed by atoms with Gasteiger partial charge in [0.1, 0.15) is 18.3 Å². The van der Waals surface area contributed by atoms with Gasteiger partial charge >= 0.3 is 0 Å². The predicted octanol–water partition coefficient (Wildman–Crippen LogP) is 0.701. The number of fused-ring (bicyclic) bond motifs is 1. The van der Waals surface area contributed by atoms with Crippen molar-refractivity contribution in [2.45, 2.75) is 31.3 Å². The number of hydrogen-bond acceptors (Lipinski definition) is 6. The number of pyridine rings is 1. The van der Waals surface area contributed by atoms with Gasteiger partial charge in [-0.2, -0.15) is 0 Å². The molecule has 2 rings (SSSR count). The Bertz CT molecular complexity index is 785. The number of H-pyrrole nitrogens is 1. The van der Waals surface area contributed by atoms with Crippen LogP contribution in [-0.2, 0) is 4.74 Å². The van der Waals surface area contributed by atoms with Gasteiger partial charge in [-0.1, -0.05) is 18.7 Å². The minimum Gasteiger partial charge on any atom is -0.394 e. The SMILES string of the molecule is C=Cc1cc(=O)[nH]c2cc(NC(C)C(O)C(O)C(CO)OC)ccc12. The molecule has 25 heavy (non-hydrogen) atoms. The van der Waals surface area contributed by atoms with Crippen LogP contribution in [0.2, 0.25) is 0 Å². The molecule has 0 fully saturated rings. The van der Waals surface area contributed by atoms with Crippen molar-refractivity contribution in [2.75, 3.05) is 19.0 Å². The van der Waals surface area contributed by atoms with E-state index in [4.69, 9.17) is 9.84 Å². The maximum absolute atomic E-state index is 11.7. The van der Waals surface area contributed by atoms with E-state index in [0.717, 1.165) is 10.9 Å². The van der Waals surface area contributed by atoms with Gasteiger partial charge in [-0.05, 0) is 24.6 Å². The molecule has 4 unspecified atom stereocenters. The zero-order valence-corrected chi connectivity index (χ0v) is 14.3. The van der Waals surface area contributed by atoms with E-state index < -0.39 is 31.0 Å². The van der Waals surface area contributed by atoms with Gasteiger partial charge in [0.15, 0.2) is 0 Å². The molecule has 0 amide bonds. The van der Waals surface area contributed by atoms with Crippen molar-refractivity contribution in [3.63, 3.8) is 0 Å². The fourth-order valence-electron chi connectivity index (χ4n) is 2.73. The first-order valence-electron chi connectivity index (χ1n) is 7.97. The molecule has 0 aliphatic carbocycles. The quantitative estimate of drug-likeness (QED) is 0.480. The molecule has 1 aromatic heterocycles. The molecule has 0 aliphatic rings. The van der Waals surface area contributed by atoms with Crippen LogP contribution in [0.3, 0.4) is 0 Å². The second-order valence-corrected chi connectivity index (χ2v) is 5.92. The van der Waals surface area contributed by atoms with Gasteiger partial charge in [0.25, 0.3) is 0 Å². The number of aliphatic hydroxyl groups excluding tert-OH is 3. The van der Waals surface area contributed by atoms with Crippen LogP contribution < -0.4 is 10.9 Å². The largest absolute Gasteiger partial charge is 0.394 e. The Kier molecular flexibility index (Phi) is 6.33. The van der Waals surface area contributed by atoms with Crippen molar-refractivity contribution in [1.82, 2.24) is 4.98 Å². The van der Waals surface area contributed by atoms with Gasteiger partial charge in [-0.15, -0.1) is 0 Å². The molecule has 0 spiro atoms. The van der Waals surface area contributed by atoms with E-state index in [9.17, 15) is 15.0 Å². The highest BCUT2D eigenvalue weighted by atomic mass is 16.5. The van der Waals surface area contributed by atoms with Crippen LogP contribution in [0.1, 0.15) is 12.5 Å². The van der Waals surface area contributed by atoms with Gasteiger partial charge in [0.05, 0.1) is 18.2 Å².